The highest BCUT2D eigenvalue weighted by molar-refractivity contribution is 7.13. The van der Waals surface area contributed by atoms with Gasteiger partial charge in [0.15, 0.2) is 5.78 Å². The van der Waals surface area contributed by atoms with Gasteiger partial charge in [-0.05, 0) is 43.2 Å². The number of nitrogens with zero attached hydrogens (tertiary/aromatic N) is 2. The number of ketones is 1. The van der Waals surface area contributed by atoms with Crippen LogP contribution in [0.1, 0.15) is 32.6 Å². The molecule has 0 aliphatic heterocycles. The molecule has 1 heterocycles. The fourth-order valence-corrected chi connectivity index (χ4v) is 2.90. The Hall–Kier alpha value is -3.05. The number of thiazole rings is 1. The minimum Gasteiger partial charge on any atom is -0.507 e. The normalized spacial score (nSPS) is 11.5. The van der Waals surface area contributed by atoms with Crippen LogP contribution in [0.15, 0.2) is 59.0 Å². The van der Waals surface area contributed by atoms with E-state index in [-0.39, 0.29) is 11.5 Å². The summed E-state index contributed by atoms with van der Waals surface area (Å²) in [5.74, 6) is 0.112. The molecule has 3 aromatic rings. The molecule has 0 fully saturated rings. The lowest BCUT2D eigenvalue weighted by Crippen LogP contribution is -1.94. The largest absolute Gasteiger partial charge is 0.507 e. The molecular formula is C21H18N2O2S. The fraction of sp³-hybridized carbons (Fsp3) is 0.0952. The summed E-state index contributed by atoms with van der Waals surface area (Å²) in [4.78, 5) is 20.6. The van der Waals surface area contributed by atoms with Crippen LogP contribution in [-0.2, 0) is 0 Å². The van der Waals surface area contributed by atoms with E-state index in [0.717, 1.165) is 16.7 Å². The highest BCUT2D eigenvalue weighted by Crippen LogP contribution is 2.24. The van der Waals surface area contributed by atoms with Crippen molar-refractivity contribution in [3.8, 4) is 5.75 Å². The third-order valence-electron chi connectivity index (χ3n) is 3.85. The number of hydrogen-bond donors (Lipinski definition) is 1. The Morgan fingerprint density at radius 1 is 1.19 bits per heavy atom. The Balaban J connectivity index is 1.83. The van der Waals surface area contributed by atoms with E-state index in [2.05, 4.69) is 9.98 Å². The van der Waals surface area contributed by atoms with Crippen molar-refractivity contribution in [2.75, 3.05) is 0 Å². The van der Waals surface area contributed by atoms with E-state index in [9.17, 15) is 9.90 Å². The first-order chi connectivity index (χ1) is 12.5. The maximum Gasteiger partial charge on any atom is 0.209 e. The molecule has 5 heteroatoms. The van der Waals surface area contributed by atoms with Crippen LogP contribution in [0.4, 0.5) is 5.13 Å². The van der Waals surface area contributed by atoms with Gasteiger partial charge in [-0.1, -0.05) is 35.9 Å². The van der Waals surface area contributed by atoms with Crippen molar-refractivity contribution in [1.29, 1.82) is 0 Å². The number of rotatable bonds is 5. The molecule has 3 rings (SSSR count). The predicted molar refractivity (Wildman–Crippen MR) is 107 cm³/mol. The van der Waals surface area contributed by atoms with Gasteiger partial charge in [0.25, 0.3) is 0 Å². The molecule has 0 unspecified atom stereocenters. The van der Waals surface area contributed by atoms with E-state index in [1.165, 1.54) is 17.4 Å². The predicted octanol–water partition coefficient (Wildman–Crippen LogP) is 5.11. The third-order valence-corrected chi connectivity index (χ3v) is 4.53. The van der Waals surface area contributed by atoms with Crippen LogP contribution < -0.4 is 0 Å². The summed E-state index contributed by atoms with van der Waals surface area (Å²) < 4.78 is 0. The zero-order valence-corrected chi connectivity index (χ0v) is 15.3. The van der Waals surface area contributed by atoms with Crippen molar-refractivity contribution in [1.82, 2.24) is 4.98 Å². The summed E-state index contributed by atoms with van der Waals surface area (Å²) in [5, 5.41) is 12.7. The van der Waals surface area contributed by atoms with Crippen molar-refractivity contribution in [3.63, 3.8) is 0 Å². The smallest absolute Gasteiger partial charge is 0.209 e. The van der Waals surface area contributed by atoms with Crippen molar-refractivity contribution in [2.45, 2.75) is 13.8 Å². The number of carbonyl (C=O) groups excluding carboxylic acids is 1. The van der Waals surface area contributed by atoms with Crippen LogP contribution in [0.5, 0.6) is 5.75 Å². The Morgan fingerprint density at radius 3 is 2.65 bits per heavy atom. The van der Waals surface area contributed by atoms with E-state index in [4.69, 9.17) is 0 Å². The number of aromatic nitrogens is 1. The highest BCUT2D eigenvalue weighted by Gasteiger charge is 2.06. The van der Waals surface area contributed by atoms with Gasteiger partial charge >= 0.3 is 0 Å². The average Bonchev–Trinajstić information content (AvgIpc) is 3.15. The first-order valence-corrected chi connectivity index (χ1v) is 8.97. The molecule has 0 saturated carbocycles. The second-order valence-corrected chi connectivity index (χ2v) is 6.79. The molecule has 1 N–H and O–H groups in total. The molecule has 0 aliphatic rings. The summed E-state index contributed by atoms with van der Waals surface area (Å²) in [6.07, 6.45) is 6.55. The zero-order chi connectivity index (χ0) is 18.5. The number of phenolic OH excluding ortho intramolecular Hbond substituents is 1. The molecule has 26 heavy (non-hydrogen) atoms. The first kappa shape index (κ1) is 17.8. The minimum absolute atomic E-state index is 0.0614. The lowest BCUT2D eigenvalue weighted by Gasteiger charge is -2.05. The molecule has 0 radical (unpaired) electrons. The van der Waals surface area contributed by atoms with Crippen molar-refractivity contribution in [2.24, 2.45) is 4.99 Å². The van der Waals surface area contributed by atoms with Crippen molar-refractivity contribution in [3.05, 3.63) is 81.9 Å². The van der Waals surface area contributed by atoms with E-state index in [0.29, 0.717) is 16.3 Å². The molecule has 0 amide bonds. The van der Waals surface area contributed by atoms with Gasteiger partial charge in [0.05, 0.1) is 0 Å². The molecule has 130 valence electrons. The van der Waals surface area contributed by atoms with Gasteiger partial charge in [-0.3, -0.25) is 4.79 Å². The number of aryl methyl sites for hydroxylation is 2. The van der Waals surface area contributed by atoms with E-state index >= 15 is 0 Å². The molecule has 0 bridgehead atoms. The molecule has 0 saturated heterocycles. The van der Waals surface area contributed by atoms with Crippen LogP contribution in [0.3, 0.4) is 0 Å². The fourth-order valence-electron chi connectivity index (χ4n) is 2.42. The topological polar surface area (TPSA) is 62.5 Å². The second kappa shape index (κ2) is 7.89. The van der Waals surface area contributed by atoms with Crippen LogP contribution in [0.2, 0.25) is 0 Å². The van der Waals surface area contributed by atoms with Crippen molar-refractivity contribution < 1.29 is 9.90 Å². The maximum absolute atomic E-state index is 12.3. The van der Waals surface area contributed by atoms with Crippen molar-refractivity contribution >= 4 is 34.5 Å². The monoisotopic (exact) mass is 362 g/mol. The SMILES string of the molecule is Cc1ccc(C(=O)/C=C/c2cc(C)c(O)c(/C=N/c3nccs3)c2)cc1. The van der Waals surface area contributed by atoms with Gasteiger partial charge in [0, 0.05) is 28.9 Å². The molecule has 4 nitrogen and oxygen atoms in total. The Kier molecular flexibility index (Phi) is 5.39. The lowest BCUT2D eigenvalue weighted by atomic mass is 10.0. The van der Waals surface area contributed by atoms with Gasteiger partial charge in [-0.2, -0.15) is 0 Å². The molecular weight excluding hydrogens is 344 g/mol. The average molecular weight is 362 g/mol. The molecule has 0 spiro atoms. The van der Waals surface area contributed by atoms with Crippen LogP contribution in [0.25, 0.3) is 6.08 Å². The molecule has 1 aromatic heterocycles. The standard InChI is InChI=1S/C21H18N2O2S/c1-14-3-6-17(7-4-14)19(24)8-5-16-11-15(2)20(25)18(12-16)13-23-21-22-9-10-26-21/h3-13,25H,1-2H3/b8-5+,23-13+. The highest BCUT2D eigenvalue weighted by atomic mass is 32.1. The molecule has 2 aromatic carbocycles. The van der Waals surface area contributed by atoms with E-state index in [1.54, 1.807) is 24.6 Å². The van der Waals surface area contributed by atoms with Crippen LogP contribution in [0, 0.1) is 13.8 Å². The summed E-state index contributed by atoms with van der Waals surface area (Å²) in [6, 6.07) is 11.1. The van der Waals surface area contributed by atoms with E-state index in [1.807, 2.05) is 49.6 Å². The van der Waals surface area contributed by atoms with Crippen LogP contribution >= 0.6 is 11.3 Å². The quantitative estimate of drug-likeness (QED) is 0.390. The minimum atomic E-state index is -0.0614. The lowest BCUT2D eigenvalue weighted by molar-refractivity contribution is 0.104. The Labute approximate surface area is 156 Å². The number of aromatic hydroxyl groups is 1. The molecule has 0 aliphatic carbocycles. The van der Waals surface area contributed by atoms with Gasteiger partial charge in [0.2, 0.25) is 5.13 Å². The Bertz CT molecular complexity index is 972. The number of benzene rings is 2. The summed E-state index contributed by atoms with van der Waals surface area (Å²) in [6.45, 7) is 3.80. The number of hydrogen-bond acceptors (Lipinski definition) is 5. The summed E-state index contributed by atoms with van der Waals surface area (Å²) in [7, 11) is 0. The number of carbonyl (C=O) groups is 1. The Morgan fingerprint density at radius 2 is 1.96 bits per heavy atom. The van der Waals surface area contributed by atoms with E-state index < -0.39 is 0 Å². The van der Waals surface area contributed by atoms with Crippen LogP contribution in [-0.4, -0.2) is 22.1 Å². The number of allylic oxidation sites excluding steroid dienone is 1. The van der Waals surface area contributed by atoms with Gasteiger partial charge < -0.3 is 5.11 Å². The first-order valence-electron chi connectivity index (χ1n) is 8.09. The van der Waals surface area contributed by atoms with Gasteiger partial charge in [-0.15, -0.1) is 11.3 Å². The number of aliphatic imine (C=N–C) groups is 1. The van der Waals surface area contributed by atoms with Gasteiger partial charge in [-0.25, -0.2) is 9.98 Å². The molecule has 0 atom stereocenters. The zero-order valence-electron chi connectivity index (χ0n) is 14.5. The maximum atomic E-state index is 12.3. The third kappa shape index (κ3) is 4.32. The number of phenols is 1. The second-order valence-electron chi connectivity index (χ2n) is 5.91. The summed E-state index contributed by atoms with van der Waals surface area (Å²) >= 11 is 1.42. The summed E-state index contributed by atoms with van der Waals surface area (Å²) in [5.41, 5.74) is 3.89. The van der Waals surface area contributed by atoms with Gasteiger partial charge in [0.1, 0.15) is 5.75 Å².